The maximum absolute atomic E-state index is 6.85. The summed E-state index contributed by atoms with van der Waals surface area (Å²) in [7, 11) is 3.35. The molecule has 3 aromatic heterocycles. The third-order valence-electron chi connectivity index (χ3n) is 9.59. The molecule has 5 aromatic rings. The van der Waals surface area contributed by atoms with Crippen molar-refractivity contribution < 1.29 is 14.2 Å². The average molecular weight is 655 g/mol. The number of nitrogens with one attached hydrogen (secondary N) is 3. The Kier molecular flexibility index (Phi) is 8.85. The molecule has 2 fully saturated rings. The number of piperidine rings is 1. The molecule has 1 spiro atoms. The Bertz CT molecular complexity index is 1820. The first-order chi connectivity index (χ1) is 23.0. The second kappa shape index (κ2) is 13.3. The van der Waals surface area contributed by atoms with Crippen molar-refractivity contribution in [2.45, 2.75) is 38.4 Å². The molecule has 12 heteroatoms. The van der Waals surface area contributed by atoms with E-state index >= 15 is 0 Å². The third kappa shape index (κ3) is 6.30. The second-order valence-electron chi connectivity index (χ2n) is 12.3. The third-order valence-corrected chi connectivity index (χ3v) is 9.98. The molecule has 0 unspecified atom stereocenters. The summed E-state index contributed by atoms with van der Waals surface area (Å²) in [5.74, 6) is 3.08. The number of anilines is 2. The molecule has 47 heavy (non-hydrogen) atoms. The van der Waals surface area contributed by atoms with Crippen LogP contribution in [0.1, 0.15) is 36.9 Å². The maximum atomic E-state index is 6.85. The summed E-state index contributed by atoms with van der Waals surface area (Å²) in [5.41, 5.74) is 5.09. The van der Waals surface area contributed by atoms with E-state index in [-0.39, 0.29) is 17.5 Å². The van der Waals surface area contributed by atoms with Gasteiger partial charge >= 0.3 is 0 Å². The lowest BCUT2D eigenvalue weighted by molar-refractivity contribution is 0.128. The van der Waals surface area contributed by atoms with Crippen molar-refractivity contribution in [2.75, 3.05) is 50.7 Å². The van der Waals surface area contributed by atoms with Crippen molar-refractivity contribution in [3.05, 3.63) is 83.1 Å². The van der Waals surface area contributed by atoms with Gasteiger partial charge in [-0.15, -0.1) is 0 Å². The van der Waals surface area contributed by atoms with Crippen LogP contribution >= 0.6 is 11.6 Å². The monoisotopic (exact) mass is 654 g/mol. The number of H-pyrrole nitrogens is 1. The Morgan fingerprint density at radius 1 is 1.02 bits per heavy atom. The van der Waals surface area contributed by atoms with Crippen molar-refractivity contribution >= 4 is 34.4 Å². The van der Waals surface area contributed by atoms with Gasteiger partial charge < -0.3 is 29.7 Å². The van der Waals surface area contributed by atoms with E-state index < -0.39 is 0 Å². The zero-order chi connectivity index (χ0) is 32.4. The number of benzene rings is 2. The van der Waals surface area contributed by atoms with Gasteiger partial charge in [-0.05, 0) is 61.2 Å². The Balaban J connectivity index is 1.02. The predicted molar refractivity (Wildman–Crippen MR) is 183 cm³/mol. The van der Waals surface area contributed by atoms with Gasteiger partial charge in [-0.2, -0.15) is 5.10 Å². The Morgan fingerprint density at radius 2 is 1.74 bits per heavy atom. The molecule has 2 atom stereocenters. The Morgan fingerprint density at radius 3 is 2.47 bits per heavy atom. The lowest BCUT2D eigenvalue weighted by Gasteiger charge is -2.43. The van der Waals surface area contributed by atoms with E-state index in [1.165, 1.54) is 5.56 Å². The quantitative estimate of drug-likeness (QED) is 0.164. The molecular formula is C35H39ClN8O3. The molecule has 244 valence electrons. The molecule has 0 bridgehead atoms. The number of aromatic amines is 1. The lowest BCUT2D eigenvalue weighted by atomic mass is 9.74. The summed E-state index contributed by atoms with van der Waals surface area (Å²) in [6, 6.07) is 18.5. The molecule has 0 radical (unpaired) electrons. The summed E-state index contributed by atoms with van der Waals surface area (Å²) in [5, 5.41) is 15.3. The molecule has 0 saturated carbocycles. The SMILES string of the molecule is COc1ccc(CNc2nccc(-c3[nH]nc4nc(N5CCC6(CC5)COC[C@H]6N[C@H](C)c5ccc(OC)cc5)cnc34)c2Cl)cc1. The molecule has 3 N–H and O–H groups in total. The molecule has 2 aliphatic rings. The fraction of sp³-hybridized carbons (Fsp3) is 0.371. The molecule has 2 aromatic carbocycles. The van der Waals surface area contributed by atoms with Crippen LogP contribution in [-0.2, 0) is 11.3 Å². The standard InChI is InChI=1S/C35H39ClN8O3/c1-22(24-6-10-26(46-3)11-7-24)40-28-20-47-21-35(28)13-16-44(17-14-35)29-19-38-32-31(42-43-34(32)41-29)27-12-15-37-33(30(27)36)39-18-23-4-8-25(45-2)9-5-23/h4-12,15,19,22,28,40H,13-14,16-18,20-21H2,1-3H3,(H,37,39)(H,41,42,43)/t22-,28-/m1/s1. The number of pyridine rings is 1. The highest BCUT2D eigenvalue weighted by atomic mass is 35.5. The van der Waals surface area contributed by atoms with E-state index in [0.717, 1.165) is 67.6 Å². The van der Waals surface area contributed by atoms with Gasteiger partial charge in [0, 0.05) is 48.9 Å². The van der Waals surface area contributed by atoms with Gasteiger partial charge in [-0.1, -0.05) is 35.9 Å². The molecule has 2 aliphatic heterocycles. The van der Waals surface area contributed by atoms with E-state index in [4.69, 9.17) is 35.8 Å². The van der Waals surface area contributed by atoms with Crippen molar-refractivity contribution in [1.82, 2.24) is 30.5 Å². The van der Waals surface area contributed by atoms with E-state index in [1.54, 1.807) is 20.4 Å². The van der Waals surface area contributed by atoms with Crippen LogP contribution < -0.4 is 25.0 Å². The topological polar surface area (TPSA) is 122 Å². The summed E-state index contributed by atoms with van der Waals surface area (Å²) in [4.78, 5) is 16.5. The largest absolute Gasteiger partial charge is 0.497 e. The molecule has 0 aliphatic carbocycles. The molecular weight excluding hydrogens is 616 g/mol. The Labute approximate surface area is 279 Å². The highest BCUT2D eigenvalue weighted by molar-refractivity contribution is 6.35. The van der Waals surface area contributed by atoms with Crippen LogP contribution in [-0.4, -0.2) is 71.7 Å². The van der Waals surface area contributed by atoms with Crippen LogP contribution in [0.25, 0.3) is 22.4 Å². The summed E-state index contributed by atoms with van der Waals surface area (Å²) in [6.07, 6.45) is 5.57. The predicted octanol–water partition coefficient (Wildman–Crippen LogP) is 6.03. The minimum absolute atomic E-state index is 0.0888. The number of methoxy groups -OCH3 is 2. The number of aromatic nitrogens is 5. The van der Waals surface area contributed by atoms with Crippen molar-refractivity contribution in [3.63, 3.8) is 0 Å². The molecule has 7 rings (SSSR count). The molecule has 5 heterocycles. The number of halogens is 1. The smallest absolute Gasteiger partial charge is 0.202 e. The van der Waals surface area contributed by atoms with E-state index in [9.17, 15) is 0 Å². The fourth-order valence-corrected chi connectivity index (χ4v) is 6.94. The maximum Gasteiger partial charge on any atom is 0.202 e. The normalized spacial score (nSPS) is 18.0. The average Bonchev–Trinajstić information content (AvgIpc) is 3.71. The molecule has 0 amide bonds. The number of rotatable bonds is 10. The first kappa shape index (κ1) is 31.2. The zero-order valence-electron chi connectivity index (χ0n) is 26.8. The van der Waals surface area contributed by atoms with Gasteiger partial charge in [0.05, 0.1) is 44.3 Å². The van der Waals surface area contributed by atoms with Gasteiger partial charge in [-0.3, -0.25) is 5.10 Å². The van der Waals surface area contributed by atoms with Crippen molar-refractivity contribution in [1.29, 1.82) is 0 Å². The minimum atomic E-state index is 0.0888. The first-order valence-electron chi connectivity index (χ1n) is 15.9. The van der Waals surface area contributed by atoms with Gasteiger partial charge in [0.2, 0.25) is 5.65 Å². The van der Waals surface area contributed by atoms with Gasteiger partial charge in [0.1, 0.15) is 28.7 Å². The molecule has 2 saturated heterocycles. The van der Waals surface area contributed by atoms with Crippen LogP contribution in [0, 0.1) is 5.41 Å². The fourth-order valence-electron chi connectivity index (χ4n) is 6.66. The summed E-state index contributed by atoms with van der Waals surface area (Å²) < 4.78 is 16.6. The van der Waals surface area contributed by atoms with Crippen LogP contribution in [0.15, 0.2) is 67.0 Å². The van der Waals surface area contributed by atoms with Gasteiger partial charge in [0.25, 0.3) is 0 Å². The second-order valence-corrected chi connectivity index (χ2v) is 12.7. The van der Waals surface area contributed by atoms with Gasteiger partial charge in [0.15, 0.2) is 0 Å². The van der Waals surface area contributed by atoms with Crippen molar-refractivity contribution in [3.8, 4) is 22.8 Å². The number of nitrogens with zero attached hydrogens (tertiary/aromatic N) is 5. The lowest BCUT2D eigenvalue weighted by Crippen LogP contribution is -2.51. The van der Waals surface area contributed by atoms with E-state index in [0.29, 0.717) is 34.2 Å². The number of hydrogen-bond donors (Lipinski definition) is 3. The van der Waals surface area contributed by atoms with Gasteiger partial charge in [-0.25, -0.2) is 15.0 Å². The number of hydrogen-bond acceptors (Lipinski definition) is 10. The van der Waals surface area contributed by atoms with Crippen LogP contribution in [0.3, 0.4) is 0 Å². The Hall–Kier alpha value is -4.45. The number of fused-ring (bicyclic) bond motifs is 1. The highest BCUT2D eigenvalue weighted by Crippen LogP contribution is 2.42. The number of ether oxygens (including phenoxy) is 3. The van der Waals surface area contributed by atoms with Crippen LogP contribution in [0.5, 0.6) is 11.5 Å². The van der Waals surface area contributed by atoms with E-state index in [2.05, 4.69) is 49.8 Å². The van der Waals surface area contributed by atoms with Crippen LogP contribution in [0.2, 0.25) is 5.02 Å². The van der Waals surface area contributed by atoms with Crippen molar-refractivity contribution in [2.24, 2.45) is 5.41 Å². The zero-order valence-corrected chi connectivity index (χ0v) is 27.6. The first-order valence-corrected chi connectivity index (χ1v) is 16.3. The summed E-state index contributed by atoms with van der Waals surface area (Å²) >= 11 is 6.85. The highest BCUT2D eigenvalue weighted by Gasteiger charge is 2.46. The minimum Gasteiger partial charge on any atom is -0.497 e. The van der Waals surface area contributed by atoms with E-state index in [1.807, 2.05) is 48.7 Å². The summed E-state index contributed by atoms with van der Waals surface area (Å²) in [6.45, 7) is 6.01. The molecule has 11 nitrogen and oxygen atoms in total. The van der Waals surface area contributed by atoms with Crippen LogP contribution in [0.4, 0.5) is 11.6 Å².